The molecule has 27 heavy (non-hydrogen) atoms. The molecule has 1 aromatic heterocycles. The predicted octanol–water partition coefficient (Wildman–Crippen LogP) is 4.63. The van der Waals surface area contributed by atoms with Crippen LogP contribution in [0.5, 0.6) is 0 Å². The Balaban J connectivity index is 1.28. The average molecular weight is 378 g/mol. The number of carbonyl (C=O) groups is 1. The molecule has 0 amide bonds. The Kier molecular flexibility index (Phi) is 3.79. The molecule has 0 bridgehead atoms. The van der Waals surface area contributed by atoms with Crippen LogP contribution < -0.4 is 4.90 Å². The standard InChI is InChI=1S/C21H15FN2O2S/c22-14-8-9-18-19(10-14)27-21(23-18)24-11-15(12-24)26-20(25)17-7-3-5-13-4-1-2-6-16(13)17/h1-10,15H,11-12H2. The van der Waals surface area contributed by atoms with Crippen molar-refractivity contribution in [2.75, 3.05) is 18.0 Å². The van der Waals surface area contributed by atoms with Crippen LogP contribution in [0.15, 0.2) is 60.7 Å². The van der Waals surface area contributed by atoms with Gasteiger partial charge in [-0.3, -0.25) is 0 Å². The highest BCUT2D eigenvalue weighted by Crippen LogP contribution is 2.32. The van der Waals surface area contributed by atoms with Crippen molar-refractivity contribution in [3.63, 3.8) is 0 Å². The molecule has 1 aliphatic rings. The zero-order valence-electron chi connectivity index (χ0n) is 14.3. The summed E-state index contributed by atoms with van der Waals surface area (Å²) in [5.74, 6) is -0.564. The minimum absolute atomic E-state index is 0.166. The van der Waals surface area contributed by atoms with Crippen LogP contribution in [0.4, 0.5) is 9.52 Å². The van der Waals surface area contributed by atoms with Crippen LogP contribution in [0, 0.1) is 5.82 Å². The summed E-state index contributed by atoms with van der Waals surface area (Å²) in [4.78, 5) is 19.2. The zero-order valence-corrected chi connectivity index (χ0v) is 15.1. The Morgan fingerprint density at radius 2 is 1.93 bits per heavy atom. The van der Waals surface area contributed by atoms with Gasteiger partial charge in [-0.05, 0) is 35.0 Å². The highest BCUT2D eigenvalue weighted by atomic mass is 32.1. The minimum atomic E-state index is -0.303. The maximum Gasteiger partial charge on any atom is 0.339 e. The molecule has 1 fully saturated rings. The maximum atomic E-state index is 13.3. The first-order chi connectivity index (χ1) is 13.2. The third-order valence-electron chi connectivity index (χ3n) is 4.74. The normalized spacial score (nSPS) is 14.5. The molecule has 6 heteroatoms. The number of anilines is 1. The van der Waals surface area contributed by atoms with Gasteiger partial charge in [0, 0.05) is 0 Å². The molecule has 4 nitrogen and oxygen atoms in total. The number of carbonyl (C=O) groups excluding carboxylic acids is 1. The molecule has 0 atom stereocenters. The van der Waals surface area contributed by atoms with E-state index in [-0.39, 0.29) is 17.9 Å². The van der Waals surface area contributed by atoms with Crippen LogP contribution in [0.3, 0.4) is 0 Å². The summed E-state index contributed by atoms with van der Waals surface area (Å²) in [6.07, 6.45) is -0.166. The highest BCUT2D eigenvalue weighted by Gasteiger charge is 2.32. The van der Waals surface area contributed by atoms with Gasteiger partial charge in [0.25, 0.3) is 0 Å². The summed E-state index contributed by atoms with van der Waals surface area (Å²) in [5.41, 5.74) is 1.37. The number of aromatic nitrogens is 1. The molecule has 0 unspecified atom stereocenters. The first-order valence-corrected chi connectivity index (χ1v) is 9.49. The number of fused-ring (bicyclic) bond motifs is 2. The molecule has 0 saturated carbocycles. The van der Waals surface area contributed by atoms with E-state index in [1.165, 1.54) is 23.5 Å². The maximum absolute atomic E-state index is 13.3. The van der Waals surface area contributed by atoms with Crippen LogP contribution in [-0.4, -0.2) is 30.1 Å². The molecule has 0 aliphatic carbocycles. The molecule has 1 aliphatic heterocycles. The number of nitrogens with zero attached hydrogens (tertiary/aromatic N) is 2. The quantitative estimate of drug-likeness (QED) is 0.487. The number of ether oxygens (including phenoxy) is 1. The molecular formula is C21H15FN2O2S. The number of benzene rings is 3. The van der Waals surface area contributed by atoms with Crippen molar-refractivity contribution in [1.82, 2.24) is 4.98 Å². The zero-order chi connectivity index (χ0) is 18.4. The smallest absolute Gasteiger partial charge is 0.339 e. The summed E-state index contributed by atoms with van der Waals surface area (Å²) in [6, 6.07) is 18.0. The van der Waals surface area contributed by atoms with Crippen molar-refractivity contribution in [3.8, 4) is 0 Å². The second-order valence-electron chi connectivity index (χ2n) is 6.57. The fourth-order valence-corrected chi connectivity index (χ4v) is 4.32. The Labute approximate surface area is 158 Å². The Morgan fingerprint density at radius 1 is 1.11 bits per heavy atom. The van der Waals surface area contributed by atoms with Crippen molar-refractivity contribution in [1.29, 1.82) is 0 Å². The van der Waals surface area contributed by atoms with E-state index in [1.807, 2.05) is 41.3 Å². The Bertz CT molecular complexity index is 1160. The monoisotopic (exact) mass is 378 g/mol. The third kappa shape index (κ3) is 2.92. The van der Waals surface area contributed by atoms with Gasteiger partial charge in [-0.25, -0.2) is 14.2 Å². The second kappa shape index (κ2) is 6.32. The van der Waals surface area contributed by atoms with E-state index in [4.69, 9.17) is 4.74 Å². The summed E-state index contributed by atoms with van der Waals surface area (Å²) >= 11 is 1.45. The van der Waals surface area contributed by atoms with E-state index in [9.17, 15) is 9.18 Å². The molecule has 4 aromatic rings. The summed E-state index contributed by atoms with van der Waals surface area (Å²) in [5, 5.41) is 2.74. The van der Waals surface area contributed by atoms with Gasteiger partial charge in [0.05, 0.1) is 28.9 Å². The largest absolute Gasteiger partial charge is 0.455 e. The molecule has 134 valence electrons. The first kappa shape index (κ1) is 16.2. The van der Waals surface area contributed by atoms with E-state index >= 15 is 0 Å². The van der Waals surface area contributed by atoms with Gasteiger partial charge in [0.2, 0.25) is 0 Å². The molecule has 5 rings (SSSR count). The second-order valence-corrected chi connectivity index (χ2v) is 7.58. The number of halogens is 1. The van der Waals surface area contributed by atoms with Crippen molar-refractivity contribution in [2.24, 2.45) is 0 Å². The molecule has 2 heterocycles. The van der Waals surface area contributed by atoms with Crippen LogP contribution in [-0.2, 0) is 4.74 Å². The van der Waals surface area contributed by atoms with Crippen LogP contribution in [0.25, 0.3) is 21.0 Å². The van der Waals surface area contributed by atoms with Gasteiger partial charge < -0.3 is 9.64 Å². The summed E-state index contributed by atoms with van der Waals surface area (Å²) < 4.78 is 19.8. The molecular weight excluding hydrogens is 363 g/mol. The SMILES string of the molecule is O=C(OC1CN(c2nc3ccc(F)cc3s2)C1)c1cccc2ccccc12. The van der Waals surface area contributed by atoms with Crippen molar-refractivity contribution in [3.05, 3.63) is 72.0 Å². The lowest BCUT2D eigenvalue weighted by Crippen LogP contribution is -2.53. The van der Waals surface area contributed by atoms with Gasteiger partial charge in [-0.1, -0.05) is 47.7 Å². The van der Waals surface area contributed by atoms with E-state index in [0.29, 0.717) is 18.7 Å². The van der Waals surface area contributed by atoms with Gasteiger partial charge in [0.15, 0.2) is 5.13 Å². The lowest BCUT2D eigenvalue weighted by molar-refractivity contribution is 0.0236. The fourth-order valence-electron chi connectivity index (χ4n) is 3.31. The molecule has 3 aromatic carbocycles. The Morgan fingerprint density at radius 3 is 2.81 bits per heavy atom. The van der Waals surface area contributed by atoms with E-state index in [0.717, 1.165) is 26.1 Å². The van der Waals surface area contributed by atoms with E-state index < -0.39 is 0 Å². The summed E-state index contributed by atoms with van der Waals surface area (Å²) in [6.45, 7) is 1.19. The van der Waals surface area contributed by atoms with Crippen LogP contribution >= 0.6 is 11.3 Å². The molecule has 0 N–H and O–H groups in total. The predicted molar refractivity (Wildman–Crippen MR) is 105 cm³/mol. The Hall–Kier alpha value is -2.99. The van der Waals surface area contributed by atoms with Gasteiger partial charge in [0.1, 0.15) is 11.9 Å². The topological polar surface area (TPSA) is 42.4 Å². The number of thiazole rings is 1. The number of rotatable bonds is 3. The van der Waals surface area contributed by atoms with Crippen molar-refractivity contribution < 1.29 is 13.9 Å². The van der Waals surface area contributed by atoms with Gasteiger partial charge in [-0.15, -0.1) is 0 Å². The minimum Gasteiger partial charge on any atom is -0.455 e. The summed E-state index contributed by atoms with van der Waals surface area (Å²) in [7, 11) is 0. The molecule has 0 radical (unpaired) electrons. The van der Waals surface area contributed by atoms with Crippen LogP contribution in [0.1, 0.15) is 10.4 Å². The highest BCUT2D eigenvalue weighted by molar-refractivity contribution is 7.22. The van der Waals surface area contributed by atoms with Gasteiger partial charge in [-0.2, -0.15) is 0 Å². The van der Waals surface area contributed by atoms with E-state index in [1.54, 1.807) is 12.1 Å². The number of hydrogen-bond donors (Lipinski definition) is 0. The van der Waals surface area contributed by atoms with Gasteiger partial charge >= 0.3 is 5.97 Å². The first-order valence-electron chi connectivity index (χ1n) is 8.67. The van der Waals surface area contributed by atoms with Crippen molar-refractivity contribution >= 4 is 43.4 Å². The molecule has 0 spiro atoms. The number of hydrogen-bond acceptors (Lipinski definition) is 5. The third-order valence-corrected chi connectivity index (χ3v) is 5.82. The average Bonchev–Trinajstić information content (AvgIpc) is 3.06. The van der Waals surface area contributed by atoms with Crippen LogP contribution in [0.2, 0.25) is 0 Å². The fraction of sp³-hybridized carbons (Fsp3) is 0.143. The van der Waals surface area contributed by atoms with E-state index in [2.05, 4.69) is 4.98 Å². The van der Waals surface area contributed by atoms with Crippen molar-refractivity contribution in [2.45, 2.75) is 6.10 Å². The number of esters is 1. The lowest BCUT2D eigenvalue weighted by Gasteiger charge is -2.38. The lowest BCUT2D eigenvalue weighted by atomic mass is 10.0. The molecule has 1 saturated heterocycles.